The molecule has 2 rings (SSSR count). The van der Waals surface area contributed by atoms with Crippen LogP contribution >= 0.6 is 23.5 Å². The van der Waals surface area contributed by atoms with Crippen LogP contribution in [0.3, 0.4) is 0 Å². The van der Waals surface area contributed by atoms with Crippen molar-refractivity contribution in [2.45, 2.75) is 177 Å². The highest BCUT2D eigenvalue weighted by molar-refractivity contribution is 8.00. The van der Waals surface area contributed by atoms with Gasteiger partial charge in [0.25, 0.3) is 0 Å². The Bertz CT molecular complexity index is 1260. The van der Waals surface area contributed by atoms with Crippen molar-refractivity contribution in [1.82, 2.24) is 26.2 Å². The molecule has 17 nitrogen and oxygen atoms in total. The van der Waals surface area contributed by atoms with Gasteiger partial charge in [-0.05, 0) is 69.3 Å². The number of rotatable bonds is 31. The fourth-order valence-electron chi connectivity index (χ4n) is 7.05. The molecule has 0 bridgehead atoms. The minimum absolute atomic E-state index is 0.00657. The number of amides is 5. The highest BCUT2D eigenvalue weighted by Gasteiger charge is 2.45. The summed E-state index contributed by atoms with van der Waals surface area (Å²) in [6.07, 6.45) is 6.53. The molecule has 0 saturated carbocycles. The van der Waals surface area contributed by atoms with E-state index in [1.165, 1.54) is 37.4 Å². The van der Waals surface area contributed by atoms with E-state index in [4.69, 9.17) is 9.47 Å². The van der Waals surface area contributed by atoms with Crippen LogP contribution in [0.25, 0.3) is 0 Å². The Hall–Kier alpha value is -2.23. The predicted octanol–water partition coefficient (Wildman–Crippen LogP) is 1.30. The fraction of sp³-hybridized carbons (Fsp3) is 0.878. The number of aliphatic hydroxyl groups is 5. The molecule has 2 aliphatic rings. The third-order valence-electron chi connectivity index (χ3n) is 10.4. The highest BCUT2D eigenvalue weighted by Crippen LogP contribution is 2.29. The molecule has 0 aromatic carbocycles. The molecule has 0 aromatic heterocycles. The number of nitrogens with zero attached hydrogens (tertiary/aromatic N) is 1. The second kappa shape index (κ2) is 31.6. The quantitative estimate of drug-likeness (QED) is 0.0445. The van der Waals surface area contributed by atoms with E-state index >= 15 is 0 Å². The summed E-state index contributed by atoms with van der Waals surface area (Å²) in [6.45, 7) is 6.74. The van der Waals surface area contributed by atoms with Gasteiger partial charge in [-0.25, -0.2) is 0 Å². The number of hydrogen-bond acceptors (Lipinski definition) is 14. The largest absolute Gasteiger partial charge is 0.394 e. The lowest BCUT2D eigenvalue weighted by atomic mass is 9.98. The Morgan fingerprint density at radius 1 is 0.633 bits per heavy atom. The van der Waals surface area contributed by atoms with Crippen LogP contribution in [0.1, 0.15) is 124 Å². The van der Waals surface area contributed by atoms with E-state index in [1.807, 2.05) is 11.8 Å². The summed E-state index contributed by atoms with van der Waals surface area (Å²) in [6, 6.07) is -1.46. The second-order valence-electron chi connectivity index (χ2n) is 15.7. The van der Waals surface area contributed by atoms with E-state index in [2.05, 4.69) is 21.3 Å². The minimum Gasteiger partial charge on any atom is -0.394 e. The van der Waals surface area contributed by atoms with Crippen molar-refractivity contribution in [1.29, 1.82) is 0 Å². The summed E-state index contributed by atoms with van der Waals surface area (Å²) < 4.78 is 11.4. The van der Waals surface area contributed by atoms with Gasteiger partial charge >= 0.3 is 0 Å². The molecule has 60 heavy (non-hydrogen) atoms. The van der Waals surface area contributed by atoms with Crippen LogP contribution in [0.5, 0.6) is 0 Å². The summed E-state index contributed by atoms with van der Waals surface area (Å²) in [5, 5.41) is 61.4. The van der Waals surface area contributed by atoms with Crippen LogP contribution in [0.4, 0.5) is 0 Å². The molecule has 3 unspecified atom stereocenters. The second-order valence-corrected chi connectivity index (χ2v) is 18.1. The maximum absolute atomic E-state index is 12.8. The molecule has 19 heteroatoms. The molecule has 5 amide bonds. The number of aliphatic hydroxyl groups excluding tert-OH is 5. The predicted molar refractivity (Wildman–Crippen MR) is 232 cm³/mol. The van der Waals surface area contributed by atoms with Gasteiger partial charge in [0.1, 0.15) is 41.4 Å². The molecule has 2 heterocycles. The van der Waals surface area contributed by atoms with Gasteiger partial charge in [-0.1, -0.05) is 32.6 Å². The van der Waals surface area contributed by atoms with Gasteiger partial charge in [0.2, 0.25) is 29.5 Å². The first-order chi connectivity index (χ1) is 28.8. The van der Waals surface area contributed by atoms with Gasteiger partial charge in [-0.15, -0.1) is 23.5 Å². The summed E-state index contributed by atoms with van der Waals surface area (Å²) in [5.74, 6) is 0.971. The molecule has 2 fully saturated rings. The van der Waals surface area contributed by atoms with Crippen molar-refractivity contribution in [2.24, 2.45) is 0 Å². The molecule has 0 aromatic rings. The van der Waals surface area contributed by atoms with Gasteiger partial charge in [-0.2, -0.15) is 0 Å². The molecule has 2 aliphatic heterocycles. The molecule has 2 saturated heterocycles. The molecular weight excluding hydrogens is 819 g/mol. The van der Waals surface area contributed by atoms with Crippen LogP contribution < -0.4 is 21.3 Å². The Morgan fingerprint density at radius 2 is 1.13 bits per heavy atom. The van der Waals surface area contributed by atoms with E-state index in [-0.39, 0.29) is 36.1 Å². The maximum atomic E-state index is 12.8. The van der Waals surface area contributed by atoms with Gasteiger partial charge < -0.3 is 61.2 Å². The molecule has 0 spiro atoms. The topological polar surface area (TPSA) is 256 Å². The van der Waals surface area contributed by atoms with Crippen LogP contribution in [0, 0.1) is 0 Å². The van der Waals surface area contributed by atoms with Crippen molar-refractivity contribution < 1.29 is 59.0 Å². The van der Waals surface area contributed by atoms with Gasteiger partial charge in [0.05, 0.1) is 25.3 Å². The monoisotopic (exact) mass is 893 g/mol. The van der Waals surface area contributed by atoms with Crippen LogP contribution in [-0.2, 0) is 33.4 Å². The number of thioether (sulfide) groups is 2. The third-order valence-corrected chi connectivity index (χ3v) is 13.0. The van der Waals surface area contributed by atoms with Gasteiger partial charge in [0.15, 0.2) is 0 Å². The lowest BCUT2D eigenvalue weighted by molar-refractivity contribution is -0.173. The average molecular weight is 894 g/mol. The fourth-order valence-corrected chi connectivity index (χ4v) is 9.53. The first-order valence-electron chi connectivity index (χ1n) is 22.0. The Labute approximate surface area is 365 Å². The summed E-state index contributed by atoms with van der Waals surface area (Å²) in [5.41, 5.74) is -1.04. The van der Waals surface area contributed by atoms with Crippen molar-refractivity contribution >= 4 is 53.1 Å². The van der Waals surface area contributed by atoms with Crippen LogP contribution in [-0.4, -0.2) is 164 Å². The highest BCUT2D eigenvalue weighted by atomic mass is 32.2. The van der Waals surface area contributed by atoms with E-state index in [0.717, 1.165) is 89.2 Å². The maximum Gasteiger partial charge on any atom is 0.222 e. The third kappa shape index (κ3) is 21.7. The molecular formula is C41H75N5O12S2. The normalized spacial score (nSPS) is 25.3. The number of carbonyl (C=O) groups excluding carboxylic acids is 5. The van der Waals surface area contributed by atoms with Crippen LogP contribution in [0.2, 0.25) is 0 Å². The number of carbonyl (C=O) groups is 5. The lowest BCUT2D eigenvalue weighted by Gasteiger charge is -2.42. The van der Waals surface area contributed by atoms with E-state index in [9.17, 15) is 49.5 Å². The Balaban J connectivity index is 1.50. The number of ether oxygens (including phenoxy) is 2. The average Bonchev–Trinajstić information content (AvgIpc) is 3.20. The standard InChI is InChI=1S/C41H75N5O12S2/c1-4-17-34(53)46(22-13-5-9-18-32(51)42-20-11-7-15-24-59-40-35(44-28(2)48)37(54)30(50)27-57-40)23-14-6-10-19-33(52)43-21-12-8-16-25-60-41-36(45-29(3)49)39(56)38(55)31(26-47)58-41/h30-31,35-41,47,50,54-56H,4-27H2,1-3H3,(H,42,51)(H,43,52)(H,44,48)(H,45,49)/t30-,31?,35?,36?,37+,38-,39-,40-,41-/m0/s1. The van der Waals surface area contributed by atoms with Crippen molar-refractivity contribution in [3.8, 4) is 0 Å². The van der Waals surface area contributed by atoms with Crippen molar-refractivity contribution in [2.75, 3.05) is 50.9 Å². The first kappa shape index (κ1) is 53.9. The minimum atomic E-state index is -1.30. The molecule has 9 atom stereocenters. The number of nitrogens with one attached hydrogen (secondary N) is 4. The first-order valence-corrected chi connectivity index (χ1v) is 24.1. The summed E-state index contributed by atoms with van der Waals surface area (Å²) in [7, 11) is 0. The SMILES string of the molecule is CCCC(=O)N(CCCCCC(=O)NCCCCCS[C@@H]1OC[C@H](O)[C@@H](O)C1NC(C)=O)CCCCCC(=O)NCCCCCS[C@@H]1OC(CO)[C@H](O)[C@@H](O)C1NC(C)=O. The van der Waals surface area contributed by atoms with E-state index in [0.29, 0.717) is 51.2 Å². The lowest BCUT2D eigenvalue weighted by Crippen LogP contribution is -2.63. The summed E-state index contributed by atoms with van der Waals surface area (Å²) in [4.78, 5) is 62.5. The number of hydrogen-bond donors (Lipinski definition) is 9. The molecule has 348 valence electrons. The van der Waals surface area contributed by atoms with E-state index < -0.39 is 60.1 Å². The molecule has 0 aliphatic carbocycles. The zero-order valence-corrected chi connectivity index (χ0v) is 37.7. The Morgan fingerprint density at radius 3 is 1.63 bits per heavy atom. The van der Waals surface area contributed by atoms with Crippen LogP contribution in [0.15, 0.2) is 0 Å². The van der Waals surface area contributed by atoms with Gasteiger partial charge in [0, 0.05) is 59.3 Å². The van der Waals surface area contributed by atoms with Gasteiger partial charge in [-0.3, -0.25) is 24.0 Å². The zero-order valence-electron chi connectivity index (χ0n) is 36.0. The zero-order chi connectivity index (χ0) is 44.3. The van der Waals surface area contributed by atoms with E-state index in [1.54, 1.807) is 0 Å². The number of unbranched alkanes of at least 4 members (excludes halogenated alkanes) is 8. The van der Waals surface area contributed by atoms with Crippen molar-refractivity contribution in [3.05, 3.63) is 0 Å². The smallest absolute Gasteiger partial charge is 0.222 e. The summed E-state index contributed by atoms with van der Waals surface area (Å²) >= 11 is 2.91. The van der Waals surface area contributed by atoms with Crippen molar-refractivity contribution in [3.63, 3.8) is 0 Å². The molecule has 0 radical (unpaired) electrons. The molecule has 9 N–H and O–H groups in total. The Kier molecular flexibility index (Phi) is 28.4.